The van der Waals surface area contributed by atoms with E-state index in [9.17, 15) is 9.59 Å². The predicted molar refractivity (Wildman–Crippen MR) is 98.0 cm³/mol. The Hall–Kier alpha value is -0.950. The van der Waals surface area contributed by atoms with Crippen molar-refractivity contribution in [1.29, 1.82) is 0 Å². The highest BCUT2D eigenvalue weighted by molar-refractivity contribution is 7.99. The van der Waals surface area contributed by atoms with Crippen LogP contribution in [0.3, 0.4) is 0 Å². The Morgan fingerprint density at radius 3 is 2.36 bits per heavy atom. The van der Waals surface area contributed by atoms with Gasteiger partial charge in [0.25, 0.3) is 0 Å². The largest absolute Gasteiger partial charge is 0.481 e. The van der Waals surface area contributed by atoms with Crippen molar-refractivity contribution in [1.82, 2.24) is 4.90 Å². The molecule has 0 aromatic carbocycles. The number of rotatable bonds is 5. The molecule has 1 saturated carbocycles. The summed E-state index contributed by atoms with van der Waals surface area (Å²) < 4.78 is 11.6. The van der Waals surface area contributed by atoms with Crippen LogP contribution in [0.15, 0.2) is 0 Å². The Bertz CT molecular complexity index is 471. The molecule has 2 aliphatic rings. The number of amides is 1. The van der Waals surface area contributed by atoms with Crippen LogP contribution in [-0.4, -0.2) is 64.5 Å². The van der Waals surface area contributed by atoms with Gasteiger partial charge in [-0.05, 0) is 59.1 Å². The summed E-state index contributed by atoms with van der Waals surface area (Å²) in [6.07, 6.45) is 5.71. The number of ether oxygens (including phenoxy) is 2. The van der Waals surface area contributed by atoms with E-state index in [0.29, 0.717) is 31.2 Å². The van der Waals surface area contributed by atoms with E-state index in [1.54, 1.807) is 16.7 Å². The second-order valence-corrected chi connectivity index (χ2v) is 9.16. The minimum atomic E-state index is -0.701. The number of carbonyl (C=O) groups is 2. The molecule has 2 atom stereocenters. The van der Waals surface area contributed by atoms with Crippen LogP contribution < -0.4 is 0 Å². The summed E-state index contributed by atoms with van der Waals surface area (Å²) in [5, 5.41) is 9.48. The molecule has 0 spiro atoms. The average molecular weight is 374 g/mol. The van der Waals surface area contributed by atoms with Gasteiger partial charge in [0, 0.05) is 11.8 Å². The van der Waals surface area contributed by atoms with Gasteiger partial charge in [-0.1, -0.05) is 0 Å². The second-order valence-electron chi connectivity index (χ2n) is 8.03. The Kier molecular flexibility index (Phi) is 7.02. The van der Waals surface area contributed by atoms with Crippen molar-refractivity contribution in [3.63, 3.8) is 0 Å². The van der Waals surface area contributed by atoms with Crippen molar-refractivity contribution in [2.45, 2.75) is 75.9 Å². The molecule has 25 heavy (non-hydrogen) atoms. The summed E-state index contributed by atoms with van der Waals surface area (Å²) in [5.74, 6) is -0.932. The van der Waals surface area contributed by atoms with Crippen LogP contribution in [-0.2, 0) is 14.3 Å². The number of hydrogen-bond donors (Lipinski definition) is 1. The number of nitrogens with zero attached hydrogens (tertiary/aromatic N) is 1. The van der Waals surface area contributed by atoms with E-state index in [1.165, 1.54) is 0 Å². The van der Waals surface area contributed by atoms with Gasteiger partial charge in [-0.25, -0.2) is 4.79 Å². The van der Waals surface area contributed by atoms with E-state index in [4.69, 9.17) is 14.6 Å². The van der Waals surface area contributed by atoms with Crippen LogP contribution in [0.1, 0.15) is 52.9 Å². The molecule has 1 amide bonds. The van der Waals surface area contributed by atoms with Crippen molar-refractivity contribution in [2.24, 2.45) is 5.92 Å². The second kappa shape index (κ2) is 8.62. The molecule has 7 heteroatoms. The van der Waals surface area contributed by atoms with E-state index in [0.717, 1.165) is 19.3 Å². The molecule has 1 N–H and O–H groups in total. The summed E-state index contributed by atoms with van der Waals surface area (Å²) in [4.78, 5) is 25.3. The molecular weight excluding hydrogens is 342 g/mol. The average Bonchev–Trinajstić information content (AvgIpc) is 2.95. The fraction of sp³-hybridized carbons (Fsp3) is 0.889. The van der Waals surface area contributed by atoms with E-state index >= 15 is 0 Å². The standard InChI is InChI=1S/C18H31NO5S/c1-18(2,3)24-17(22)19-10-15(25-4)9-13(19)11-23-14-7-5-12(6-8-14)16(20)21/h12-15H,5-11H2,1-4H3,(H,20,21)/t12-,13-,14-,15-/m0/s1. The van der Waals surface area contributed by atoms with Crippen molar-refractivity contribution >= 4 is 23.8 Å². The number of aliphatic carboxylic acids is 1. The van der Waals surface area contributed by atoms with E-state index in [1.807, 2.05) is 20.8 Å². The Morgan fingerprint density at radius 1 is 1.20 bits per heavy atom. The maximum atomic E-state index is 12.5. The SMILES string of the molecule is CS[C@H]1C[C@@H](CO[C@H]2CC[C@H](C(=O)O)CC2)N(C(=O)OC(C)(C)C)C1. The lowest BCUT2D eigenvalue weighted by Gasteiger charge is -2.31. The van der Waals surface area contributed by atoms with Gasteiger partial charge >= 0.3 is 12.1 Å². The molecule has 1 aliphatic carbocycles. The Balaban J connectivity index is 1.86. The van der Waals surface area contributed by atoms with Crippen LogP contribution in [0, 0.1) is 5.92 Å². The zero-order valence-electron chi connectivity index (χ0n) is 15.7. The third kappa shape index (κ3) is 6.06. The van der Waals surface area contributed by atoms with Crippen molar-refractivity contribution in [3.8, 4) is 0 Å². The van der Waals surface area contributed by atoms with Gasteiger partial charge in [-0.15, -0.1) is 0 Å². The number of carbonyl (C=O) groups excluding carboxylic acids is 1. The van der Waals surface area contributed by atoms with Gasteiger partial charge in [0.15, 0.2) is 0 Å². The number of likely N-dealkylation sites (tertiary alicyclic amines) is 1. The van der Waals surface area contributed by atoms with E-state index in [2.05, 4.69) is 6.26 Å². The van der Waals surface area contributed by atoms with Crippen molar-refractivity contribution in [3.05, 3.63) is 0 Å². The third-order valence-electron chi connectivity index (χ3n) is 4.89. The van der Waals surface area contributed by atoms with Gasteiger partial charge in [0.2, 0.25) is 0 Å². The zero-order valence-corrected chi connectivity index (χ0v) is 16.5. The molecular formula is C18H31NO5S. The normalized spacial score (nSPS) is 30.3. The fourth-order valence-electron chi connectivity index (χ4n) is 3.47. The number of hydrogen-bond acceptors (Lipinski definition) is 5. The maximum Gasteiger partial charge on any atom is 0.410 e. The highest BCUT2D eigenvalue weighted by Gasteiger charge is 2.38. The minimum Gasteiger partial charge on any atom is -0.481 e. The predicted octanol–water partition coefficient (Wildman–Crippen LogP) is 3.39. The van der Waals surface area contributed by atoms with Crippen molar-refractivity contribution in [2.75, 3.05) is 19.4 Å². The molecule has 1 aliphatic heterocycles. The number of carboxylic acid groups (broad SMARTS) is 1. The topological polar surface area (TPSA) is 76.1 Å². The van der Waals surface area contributed by atoms with E-state index < -0.39 is 11.6 Å². The molecule has 0 bridgehead atoms. The minimum absolute atomic E-state index is 0.0319. The highest BCUT2D eigenvalue weighted by atomic mass is 32.2. The van der Waals surface area contributed by atoms with Crippen LogP contribution in [0.2, 0.25) is 0 Å². The molecule has 6 nitrogen and oxygen atoms in total. The van der Waals surface area contributed by atoms with Gasteiger partial charge < -0.3 is 19.5 Å². The molecule has 2 rings (SSSR count). The monoisotopic (exact) mass is 373 g/mol. The molecule has 144 valence electrons. The maximum absolute atomic E-state index is 12.5. The van der Waals surface area contributed by atoms with Crippen molar-refractivity contribution < 1.29 is 24.2 Å². The van der Waals surface area contributed by atoms with Crippen LogP contribution in [0.4, 0.5) is 4.79 Å². The first-order chi connectivity index (χ1) is 11.7. The summed E-state index contributed by atoms with van der Waals surface area (Å²) in [5.41, 5.74) is -0.505. The zero-order chi connectivity index (χ0) is 18.6. The first-order valence-electron chi connectivity index (χ1n) is 9.06. The molecule has 0 radical (unpaired) electrons. The molecule has 1 heterocycles. The van der Waals surface area contributed by atoms with E-state index in [-0.39, 0.29) is 24.2 Å². The van der Waals surface area contributed by atoms with Crippen LogP contribution in [0.5, 0.6) is 0 Å². The molecule has 0 unspecified atom stereocenters. The lowest BCUT2D eigenvalue weighted by molar-refractivity contribution is -0.143. The first-order valence-corrected chi connectivity index (χ1v) is 10.3. The molecule has 1 saturated heterocycles. The quantitative estimate of drug-likeness (QED) is 0.796. The van der Waals surface area contributed by atoms with Gasteiger partial charge in [-0.3, -0.25) is 4.79 Å². The molecule has 2 fully saturated rings. The number of thioether (sulfide) groups is 1. The smallest absolute Gasteiger partial charge is 0.410 e. The summed E-state index contributed by atoms with van der Waals surface area (Å²) >= 11 is 1.77. The van der Waals surface area contributed by atoms with Crippen LogP contribution in [0.25, 0.3) is 0 Å². The molecule has 0 aromatic rings. The summed E-state index contributed by atoms with van der Waals surface area (Å²) in [6, 6.07) is 0.0319. The summed E-state index contributed by atoms with van der Waals surface area (Å²) in [6.45, 7) is 6.81. The van der Waals surface area contributed by atoms with Crippen LogP contribution >= 0.6 is 11.8 Å². The molecule has 0 aromatic heterocycles. The Morgan fingerprint density at radius 2 is 1.84 bits per heavy atom. The first kappa shape index (κ1) is 20.4. The summed E-state index contributed by atoms with van der Waals surface area (Å²) in [7, 11) is 0. The van der Waals surface area contributed by atoms with Gasteiger partial charge in [0.1, 0.15) is 5.60 Å². The number of carboxylic acids is 1. The van der Waals surface area contributed by atoms with Gasteiger partial charge in [0.05, 0.1) is 24.7 Å². The highest BCUT2D eigenvalue weighted by Crippen LogP contribution is 2.30. The lowest BCUT2D eigenvalue weighted by atomic mass is 9.87. The fourth-order valence-corrected chi connectivity index (χ4v) is 4.19. The lowest BCUT2D eigenvalue weighted by Crippen LogP contribution is -2.42. The Labute approximate surface area is 154 Å². The third-order valence-corrected chi connectivity index (χ3v) is 5.89. The van der Waals surface area contributed by atoms with Gasteiger partial charge in [-0.2, -0.15) is 11.8 Å².